The molecule has 34 heavy (non-hydrogen) atoms. The second kappa shape index (κ2) is 11.4. The Balaban J connectivity index is 1.92. The van der Waals surface area contributed by atoms with Crippen LogP contribution in [0.2, 0.25) is 5.02 Å². The number of carbonyl (C=O) groups is 1. The highest BCUT2D eigenvalue weighted by Crippen LogP contribution is 2.32. The van der Waals surface area contributed by atoms with E-state index in [1.807, 2.05) is 38.1 Å². The molecular formula is C26H29ClN2O4S. The lowest BCUT2D eigenvalue weighted by Crippen LogP contribution is -2.41. The van der Waals surface area contributed by atoms with E-state index >= 15 is 0 Å². The van der Waals surface area contributed by atoms with E-state index in [2.05, 4.69) is 12.2 Å². The number of sulfonamides is 1. The van der Waals surface area contributed by atoms with Gasteiger partial charge in [0.1, 0.15) is 12.3 Å². The Kier molecular flexibility index (Phi) is 8.58. The van der Waals surface area contributed by atoms with Gasteiger partial charge in [0.15, 0.2) is 0 Å². The third-order valence-electron chi connectivity index (χ3n) is 5.39. The number of anilines is 1. The van der Waals surface area contributed by atoms with Crippen molar-refractivity contribution in [1.82, 2.24) is 5.32 Å². The van der Waals surface area contributed by atoms with Gasteiger partial charge in [0.2, 0.25) is 5.91 Å². The highest BCUT2D eigenvalue weighted by atomic mass is 35.5. The van der Waals surface area contributed by atoms with Gasteiger partial charge < -0.3 is 10.1 Å². The largest absolute Gasteiger partial charge is 0.492 e. The number of rotatable bonds is 10. The van der Waals surface area contributed by atoms with Gasteiger partial charge in [-0.3, -0.25) is 9.10 Å². The molecule has 0 aliphatic rings. The Labute approximate surface area is 206 Å². The maximum absolute atomic E-state index is 13.6. The number of aryl methyl sites for hydroxylation is 1. The number of ether oxygens (including phenoxy) is 1. The Morgan fingerprint density at radius 2 is 1.65 bits per heavy atom. The van der Waals surface area contributed by atoms with E-state index in [1.165, 1.54) is 29.8 Å². The Hall–Kier alpha value is -3.03. The summed E-state index contributed by atoms with van der Waals surface area (Å²) in [5.41, 5.74) is 2.43. The maximum atomic E-state index is 13.6. The minimum atomic E-state index is -4.08. The molecule has 0 saturated heterocycles. The van der Waals surface area contributed by atoms with Crippen LogP contribution in [0.3, 0.4) is 0 Å². The summed E-state index contributed by atoms with van der Waals surface area (Å²) in [7, 11) is -4.08. The zero-order valence-corrected chi connectivity index (χ0v) is 21.1. The summed E-state index contributed by atoms with van der Waals surface area (Å²) in [5, 5.41) is 3.33. The van der Waals surface area contributed by atoms with Gasteiger partial charge in [-0.05, 0) is 67.8 Å². The summed E-state index contributed by atoms with van der Waals surface area (Å²) in [6.45, 7) is 5.70. The molecule has 0 unspecified atom stereocenters. The monoisotopic (exact) mass is 500 g/mol. The number of carbonyl (C=O) groups excluding carboxylic acids is 1. The minimum Gasteiger partial charge on any atom is -0.492 e. The number of hydrogen-bond acceptors (Lipinski definition) is 4. The van der Waals surface area contributed by atoms with Crippen LogP contribution in [0.1, 0.15) is 37.9 Å². The summed E-state index contributed by atoms with van der Waals surface area (Å²) in [6, 6.07) is 20.3. The van der Waals surface area contributed by atoms with Gasteiger partial charge >= 0.3 is 0 Å². The molecule has 3 aromatic carbocycles. The van der Waals surface area contributed by atoms with Gasteiger partial charge in [-0.15, -0.1) is 0 Å². The fourth-order valence-electron chi connectivity index (χ4n) is 3.52. The molecule has 3 aromatic rings. The van der Waals surface area contributed by atoms with Gasteiger partial charge in [-0.2, -0.15) is 0 Å². The molecule has 0 bridgehead atoms. The second-order valence-corrected chi connectivity index (χ2v) is 10.0. The van der Waals surface area contributed by atoms with Crippen LogP contribution in [-0.2, 0) is 21.2 Å². The van der Waals surface area contributed by atoms with Crippen molar-refractivity contribution in [1.29, 1.82) is 0 Å². The zero-order valence-electron chi connectivity index (χ0n) is 19.5. The number of amides is 1. The van der Waals surface area contributed by atoms with Crippen molar-refractivity contribution in [2.45, 2.75) is 38.1 Å². The Morgan fingerprint density at radius 1 is 1.00 bits per heavy atom. The summed E-state index contributed by atoms with van der Waals surface area (Å²) in [6.07, 6.45) is 0.928. The molecule has 0 spiro atoms. The van der Waals surface area contributed by atoms with Gasteiger partial charge in [-0.25, -0.2) is 8.42 Å². The second-order valence-electron chi connectivity index (χ2n) is 7.75. The van der Waals surface area contributed by atoms with Crippen molar-refractivity contribution in [2.24, 2.45) is 0 Å². The molecule has 0 aliphatic heterocycles. The average Bonchev–Trinajstić information content (AvgIpc) is 2.83. The lowest BCUT2D eigenvalue weighted by atomic mass is 10.1. The van der Waals surface area contributed by atoms with Crippen LogP contribution in [0.5, 0.6) is 5.75 Å². The zero-order chi connectivity index (χ0) is 24.7. The van der Waals surface area contributed by atoms with Crippen LogP contribution in [0.15, 0.2) is 77.7 Å². The summed E-state index contributed by atoms with van der Waals surface area (Å²) in [5.74, 6) is -0.0607. The minimum absolute atomic E-state index is 0.0270. The third-order valence-corrected chi connectivity index (χ3v) is 7.41. The number of benzene rings is 3. The Morgan fingerprint density at radius 3 is 2.26 bits per heavy atom. The first-order chi connectivity index (χ1) is 16.3. The molecule has 0 saturated carbocycles. The van der Waals surface area contributed by atoms with Crippen LogP contribution in [0.4, 0.5) is 5.69 Å². The molecule has 0 radical (unpaired) electrons. The number of nitrogens with zero attached hydrogens (tertiary/aromatic N) is 1. The lowest BCUT2D eigenvalue weighted by molar-refractivity contribution is -0.120. The molecule has 0 heterocycles. The fraction of sp³-hybridized carbons (Fsp3) is 0.269. The van der Waals surface area contributed by atoms with Gasteiger partial charge in [0.05, 0.1) is 23.2 Å². The van der Waals surface area contributed by atoms with Crippen molar-refractivity contribution in [3.63, 3.8) is 0 Å². The number of nitrogens with one attached hydrogen (secondary N) is 1. The van der Waals surface area contributed by atoms with Crippen molar-refractivity contribution in [3.8, 4) is 5.75 Å². The predicted octanol–water partition coefficient (Wildman–Crippen LogP) is 5.37. The molecule has 0 fully saturated rings. The third kappa shape index (κ3) is 6.10. The molecule has 8 heteroatoms. The highest BCUT2D eigenvalue weighted by Gasteiger charge is 2.29. The van der Waals surface area contributed by atoms with E-state index in [9.17, 15) is 13.2 Å². The first-order valence-electron chi connectivity index (χ1n) is 11.1. The SMILES string of the molecule is CCOc1ccccc1N(CC(=O)N[C@H](C)c1ccc(CC)cc1)S(=O)(=O)c1ccc(Cl)cc1. The van der Waals surface area contributed by atoms with Gasteiger partial charge in [0, 0.05) is 5.02 Å². The molecular weight excluding hydrogens is 472 g/mol. The standard InChI is InChI=1S/C26H29ClN2O4S/c1-4-20-10-12-21(13-11-20)19(3)28-26(30)18-29(24-8-6-7-9-25(24)33-5-2)34(31,32)23-16-14-22(27)15-17-23/h6-17,19H,4-5,18H2,1-3H3,(H,28,30)/t19-/m1/s1. The van der Waals surface area contributed by atoms with E-state index in [1.54, 1.807) is 24.3 Å². The number of para-hydroxylation sites is 2. The maximum Gasteiger partial charge on any atom is 0.264 e. The van der Waals surface area contributed by atoms with Crippen molar-refractivity contribution >= 4 is 33.2 Å². The Bertz CT molecular complexity index is 1210. The molecule has 6 nitrogen and oxygen atoms in total. The molecule has 1 amide bonds. The molecule has 0 aliphatic carbocycles. The van der Waals surface area contributed by atoms with Crippen LogP contribution in [-0.4, -0.2) is 27.5 Å². The summed E-state index contributed by atoms with van der Waals surface area (Å²) < 4.78 is 34.0. The summed E-state index contributed by atoms with van der Waals surface area (Å²) >= 11 is 5.95. The molecule has 1 atom stereocenters. The quantitative estimate of drug-likeness (QED) is 0.406. The van der Waals surface area contributed by atoms with Crippen LogP contribution < -0.4 is 14.4 Å². The smallest absolute Gasteiger partial charge is 0.264 e. The average molecular weight is 501 g/mol. The van der Waals surface area contributed by atoms with Crippen LogP contribution in [0, 0.1) is 0 Å². The van der Waals surface area contributed by atoms with E-state index in [0.717, 1.165) is 16.3 Å². The topological polar surface area (TPSA) is 75.7 Å². The normalized spacial score (nSPS) is 12.1. The predicted molar refractivity (Wildman–Crippen MR) is 136 cm³/mol. The van der Waals surface area contributed by atoms with E-state index in [0.29, 0.717) is 17.4 Å². The lowest BCUT2D eigenvalue weighted by Gasteiger charge is -2.26. The van der Waals surface area contributed by atoms with E-state index in [-0.39, 0.29) is 16.6 Å². The van der Waals surface area contributed by atoms with Gasteiger partial charge in [-0.1, -0.05) is 54.9 Å². The summed E-state index contributed by atoms with van der Waals surface area (Å²) in [4.78, 5) is 13.1. The van der Waals surface area contributed by atoms with E-state index in [4.69, 9.17) is 16.3 Å². The number of halogens is 1. The first-order valence-corrected chi connectivity index (χ1v) is 13.0. The highest BCUT2D eigenvalue weighted by molar-refractivity contribution is 7.92. The number of hydrogen-bond donors (Lipinski definition) is 1. The van der Waals surface area contributed by atoms with Crippen molar-refractivity contribution < 1.29 is 17.9 Å². The fourth-order valence-corrected chi connectivity index (χ4v) is 5.07. The molecule has 180 valence electrons. The van der Waals surface area contributed by atoms with Crippen molar-refractivity contribution in [2.75, 3.05) is 17.5 Å². The van der Waals surface area contributed by atoms with Gasteiger partial charge in [0.25, 0.3) is 10.0 Å². The molecule has 3 rings (SSSR count). The van der Waals surface area contributed by atoms with E-state index < -0.39 is 22.5 Å². The molecule has 0 aromatic heterocycles. The molecule has 1 N–H and O–H groups in total. The van der Waals surface area contributed by atoms with Crippen LogP contribution in [0.25, 0.3) is 0 Å². The first kappa shape index (κ1) is 25.6. The van der Waals surface area contributed by atoms with Crippen LogP contribution >= 0.6 is 11.6 Å². The van der Waals surface area contributed by atoms with Crippen molar-refractivity contribution in [3.05, 3.63) is 88.9 Å².